The molecule has 0 saturated carbocycles. The average molecular weight is 240 g/mol. The highest BCUT2D eigenvalue weighted by Gasteiger charge is 2.25. The van der Waals surface area contributed by atoms with Crippen LogP contribution in [0.4, 0.5) is 5.82 Å². The second-order valence-electron chi connectivity index (χ2n) is 3.75. The predicted molar refractivity (Wildman–Crippen MR) is 64.4 cm³/mol. The summed E-state index contributed by atoms with van der Waals surface area (Å²) in [7, 11) is 1.62. The van der Waals surface area contributed by atoms with Crippen molar-refractivity contribution in [3.63, 3.8) is 0 Å². The minimum Gasteiger partial charge on any atom is -0.497 e. The van der Waals surface area contributed by atoms with Crippen LogP contribution in [0.3, 0.4) is 0 Å². The molecule has 2 rings (SSSR count). The van der Waals surface area contributed by atoms with Crippen LogP contribution in [0.15, 0.2) is 24.0 Å². The summed E-state index contributed by atoms with van der Waals surface area (Å²) in [6.45, 7) is 1.94. The van der Waals surface area contributed by atoms with Crippen molar-refractivity contribution in [3.05, 3.63) is 35.2 Å². The topological polar surface area (TPSA) is 63.9 Å². The molecule has 5 heteroatoms. The van der Waals surface area contributed by atoms with Gasteiger partial charge in [0, 0.05) is 17.2 Å². The fourth-order valence-corrected chi connectivity index (χ4v) is 2.22. The molecule has 1 unspecified atom stereocenters. The summed E-state index contributed by atoms with van der Waals surface area (Å²) in [6, 6.07) is 0. The Morgan fingerprint density at radius 3 is 2.81 bits per heavy atom. The summed E-state index contributed by atoms with van der Waals surface area (Å²) >= 11 is 6.29. The lowest BCUT2D eigenvalue weighted by Gasteiger charge is -2.21. The summed E-state index contributed by atoms with van der Waals surface area (Å²) in [5, 5.41) is 6.67. The highest BCUT2D eigenvalue weighted by Crippen LogP contribution is 2.34. The number of halogens is 1. The highest BCUT2D eigenvalue weighted by atomic mass is 35.5. The standard InChI is InChI=1S/C11H14ClN3O/c1-6-10(11(13)15-14-6)8-4-3-7(16-2)5-9(8)12/h3-5,8-9H,1-2H3,(H3,13,14,15)/t8-,9?/m1/s1. The number of alkyl halides is 1. The highest BCUT2D eigenvalue weighted by molar-refractivity contribution is 6.22. The fourth-order valence-electron chi connectivity index (χ4n) is 1.89. The molecule has 3 N–H and O–H groups in total. The number of hydrogen-bond donors (Lipinski definition) is 2. The maximum absolute atomic E-state index is 6.29. The van der Waals surface area contributed by atoms with Crippen LogP contribution in [0.1, 0.15) is 17.2 Å². The predicted octanol–water partition coefficient (Wildman–Crippen LogP) is 2.09. The number of aryl methyl sites for hydroxylation is 1. The molecule has 0 aliphatic heterocycles. The third-order valence-electron chi connectivity index (χ3n) is 2.73. The zero-order valence-corrected chi connectivity index (χ0v) is 9.95. The average Bonchev–Trinajstić information content (AvgIpc) is 2.59. The quantitative estimate of drug-likeness (QED) is 0.777. The van der Waals surface area contributed by atoms with Crippen LogP contribution in [0, 0.1) is 6.92 Å². The Morgan fingerprint density at radius 1 is 1.56 bits per heavy atom. The number of allylic oxidation sites excluding steroid dienone is 3. The van der Waals surface area contributed by atoms with E-state index in [1.165, 1.54) is 0 Å². The number of hydrogen-bond acceptors (Lipinski definition) is 3. The van der Waals surface area contributed by atoms with Crippen molar-refractivity contribution < 1.29 is 4.74 Å². The van der Waals surface area contributed by atoms with Crippen molar-refractivity contribution in [1.82, 2.24) is 10.2 Å². The molecule has 0 spiro atoms. The van der Waals surface area contributed by atoms with E-state index in [1.807, 2.05) is 25.2 Å². The Labute approximate surface area is 99.1 Å². The third-order valence-corrected chi connectivity index (χ3v) is 3.12. The van der Waals surface area contributed by atoms with Gasteiger partial charge in [-0.05, 0) is 19.1 Å². The third kappa shape index (κ3) is 1.80. The number of nitrogens with one attached hydrogen (secondary N) is 1. The van der Waals surface area contributed by atoms with E-state index in [0.29, 0.717) is 5.82 Å². The van der Waals surface area contributed by atoms with Gasteiger partial charge < -0.3 is 10.5 Å². The van der Waals surface area contributed by atoms with Crippen LogP contribution in [0.5, 0.6) is 0 Å². The summed E-state index contributed by atoms with van der Waals surface area (Å²) in [4.78, 5) is 0. The molecule has 2 atom stereocenters. The molecule has 1 aromatic heterocycles. The first kappa shape index (κ1) is 11.1. The molecule has 86 valence electrons. The van der Waals surface area contributed by atoms with Gasteiger partial charge in [-0.1, -0.05) is 6.08 Å². The summed E-state index contributed by atoms with van der Waals surface area (Å²) in [6.07, 6.45) is 5.76. The van der Waals surface area contributed by atoms with Crippen LogP contribution in [-0.4, -0.2) is 22.7 Å². The number of H-pyrrole nitrogens is 1. The zero-order valence-electron chi connectivity index (χ0n) is 9.20. The molecule has 1 aliphatic carbocycles. The largest absolute Gasteiger partial charge is 0.497 e. The Bertz CT molecular complexity index is 431. The maximum atomic E-state index is 6.29. The van der Waals surface area contributed by atoms with E-state index in [0.717, 1.165) is 17.0 Å². The lowest BCUT2D eigenvalue weighted by atomic mass is 9.91. The van der Waals surface area contributed by atoms with Crippen LogP contribution >= 0.6 is 11.6 Å². The first-order chi connectivity index (χ1) is 7.63. The molecule has 1 aliphatic rings. The second-order valence-corrected chi connectivity index (χ2v) is 4.25. The number of aromatic nitrogens is 2. The van der Waals surface area contributed by atoms with Gasteiger partial charge in [0.15, 0.2) is 0 Å². The minimum absolute atomic E-state index is 0.0410. The van der Waals surface area contributed by atoms with Gasteiger partial charge in [0.1, 0.15) is 11.6 Å². The van der Waals surface area contributed by atoms with E-state index in [-0.39, 0.29) is 11.3 Å². The normalized spacial score (nSPS) is 24.3. The Balaban J connectivity index is 2.32. The number of methoxy groups -OCH3 is 1. The van der Waals surface area contributed by atoms with E-state index in [9.17, 15) is 0 Å². The molecular weight excluding hydrogens is 226 g/mol. The number of rotatable bonds is 2. The van der Waals surface area contributed by atoms with E-state index in [4.69, 9.17) is 22.1 Å². The SMILES string of the molecule is COC1=CC(Cl)[C@H](c2c(N)n[nH]c2C)C=C1. The molecule has 16 heavy (non-hydrogen) atoms. The van der Waals surface area contributed by atoms with E-state index < -0.39 is 0 Å². The van der Waals surface area contributed by atoms with Crippen molar-refractivity contribution in [2.45, 2.75) is 18.2 Å². The first-order valence-corrected chi connectivity index (χ1v) is 5.45. The Morgan fingerprint density at radius 2 is 2.31 bits per heavy atom. The van der Waals surface area contributed by atoms with Crippen molar-refractivity contribution in [2.75, 3.05) is 12.8 Å². The molecule has 1 aromatic rings. The fraction of sp³-hybridized carbons (Fsp3) is 0.364. The van der Waals surface area contributed by atoms with Gasteiger partial charge in [-0.15, -0.1) is 11.6 Å². The minimum atomic E-state index is -0.168. The number of nitrogens with two attached hydrogens (primary N) is 1. The number of nitrogens with zero attached hydrogens (tertiary/aromatic N) is 1. The molecule has 0 fully saturated rings. The van der Waals surface area contributed by atoms with Crippen LogP contribution in [0.2, 0.25) is 0 Å². The second kappa shape index (κ2) is 4.22. The van der Waals surface area contributed by atoms with Gasteiger partial charge in [-0.25, -0.2) is 0 Å². The monoisotopic (exact) mass is 239 g/mol. The van der Waals surface area contributed by atoms with Gasteiger partial charge in [-0.3, -0.25) is 5.10 Å². The van der Waals surface area contributed by atoms with Crippen LogP contribution in [-0.2, 0) is 4.74 Å². The summed E-state index contributed by atoms with van der Waals surface area (Å²) in [5.74, 6) is 1.32. The van der Waals surface area contributed by atoms with Crippen molar-refractivity contribution >= 4 is 17.4 Å². The Kier molecular flexibility index (Phi) is 2.92. The first-order valence-electron chi connectivity index (χ1n) is 5.02. The number of aromatic amines is 1. The maximum Gasteiger partial charge on any atom is 0.149 e. The van der Waals surface area contributed by atoms with Crippen molar-refractivity contribution in [1.29, 1.82) is 0 Å². The van der Waals surface area contributed by atoms with E-state index in [2.05, 4.69) is 10.2 Å². The van der Waals surface area contributed by atoms with Crippen LogP contribution < -0.4 is 5.73 Å². The van der Waals surface area contributed by atoms with E-state index >= 15 is 0 Å². The molecule has 0 saturated heterocycles. The van der Waals surface area contributed by atoms with E-state index in [1.54, 1.807) is 7.11 Å². The van der Waals surface area contributed by atoms with Gasteiger partial charge >= 0.3 is 0 Å². The zero-order chi connectivity index (χ0) is 11.7. The molecule has 1 heterocycles. The molecular formula is C11H14ClN3O. The van der Waals surface area contributed by atoms with Crippen molar-refractivity contribution in [3.8, 4) is 0 Å². The lowest BCUT2D eigenvalue weighted by Crippen LogP contribution is -2.14. The molecule has 0 aromatic carbocycles. The lowest BCUT2D eigenvalue weighted by molar-refractivity contribution is 0.303. The van der Waals surface area contributed by atoms with Gasteiger partial charge in [-0.2, -0.15) is 5.10 Å². The van der Waals surface area contributed by atoms with Gasteiger partial charge in [0.2, 0.25) is 0 Å². The summed E-state index contributed by atoms with van der Waals surface area (Å²) in [5.41, 5.74) is 7.73. The summed E-state index contributed by atoms with van der Waals surface area (Å²) < 4.78 is 5.12. The van der Waals surface area contributed by atoms with Gasteiger partial charge in [0.25, 0.3) is 0 Å². The smallest absolute Gasteiger partial charge is 0.149 e. The van der Waals surface area contributed by atoms with Crippen molar-refractivity contribution in [2.24, 2.45) is 0 Å². The molecule has 4 nitrogen and oxygen atoms in total. The van der Waals surface area contributed by atoms with Crippen LogP contribution in [0.25, 0.3) is 0 Å². The molecule has 0 bridgehead atoms. The Hall–Kier alpha value is -1.42. The number of anilines is 1. The van der Waals surface area contributed by atoms with Gasteiger partial charge in [0.05, 0.1) is 12.5 Å². The number of nitrogen functional groups attached to an aromatic ring is 1. The number of ether oxygens (including phenoxy) is 1. The molecule has 0 radical (unpaired) electrons. The molecule has 0 amide bonds.